The van der Waals surface area contributed by atoms with Crippen LogP contribution in [0.4, 0.5) is 13.2 Å². The number of aryl methyl sites for hydroxylation is 1. The summed E-state index contributed by atoms with van der Waals surface area (Å²) in [6, 6.07) is 5.01. The summed E-state index contributed by atoms with van der Waals surface area (Å²) in [5, 5.41) is 11.9. The second-order valence-corrected chi connectivity index (χ2v) is 9.06. The molecule has 1 heterocycles. The lowest BCUT2D eigenvalue weighted by Gasteiger charge is -2.22. The van der Waals surface area contributed by atoms with Crippen molar-refractivity contribution in [3.05, 3.63) is 68.6 Å². The summed E-state index contributed by atoms with van der Waals surface area (Å²) < 4.78 is 40.3. The molecule has 1 atom stereocenters. The number of aliphatic carboxylic acids is 1. The van der Waals surface area contributed by atoms with Crippen LogP contribution in [0.3, 0.4) is 0 Å². The van der Waals surface area contributed by atoms with Crippen LogP contribution in [0.25, 0.3) is 0 Å². The average Bonchev–Trinajstić information content (AvgIpc) is 2.74. The maximum Gasteiger partial charge on any atom is 0.416 e. The Morgan fingerprint density at radius 2 is 1.68 bits per heavy atom. The van der Waals surface area contributed by atoms with Gasteiger partial charge in [0.05, 0.1) is 12.1 Å². The molecule has 0 saturated carbocycles. The van der Waals surface area contributed by atoms with Gasteiger partial charge in [0.25, 0.3) is 11.5 Å². The van der Waals surface area contributed by atoms with E-state index in [1.807, 2.05) is 0 Å². The third-order valence-electron chi connectivity index (χ3n) is 6.19. The average molecular weight is 479 g/mol. The molecular weight excluding hydrogens is 449 g/mol. The van der Waals surface area contributed by atoms with Crippen LogP contribution < -0.4 is 10.9 Å². The second-order valence-electron chi connectivity index (χ2n) is 9.06. The van der Waals surface area contributed by atoms with Gasteiger partial charge in [-0.3, -0.25) is 9.59 Å². The number of carboxylic acid groups (broad SMARTS) is 1. The molecule has 2 N–H and O–H groups in total. The minimum absolute atomic E-state index is 0.0208. The van der Waals surface area contributed by atoms with Gasteiger partial charge < -0.3 is 15.0 Å². The van der Waals surface area contributed by atoms with Gasteiger partial charge in [-0.1, -0.05) is 38.8 Å². The van der Waals surface area contributed by atoms with Gasteiger partial charge in [-0.25, -0.2) is 4.79 Å². The van der Waals surface area contributed by atoms with E-state index in [9.17, 15) is 32.7 Å². The molecular formula is C25H29F3N2O4. The molecule has 0 spiro atoms. The zero-order chi connectivity index (χ0) is 25.0. The van der Waals surface area contributed by atoms with Crippen molar-refractivity contribution in [3.63, 3.8) is 0 Å². The van der Waals surface area contributed by atoms with E-state index in [2.05, 4.69) is 5.32 Å². The number of aromatic nitrogens is 1. The van der Waals surface area contributed by atoms with Crippen LogP contribution in [0.15, 0.2) is 35.1 Å². The van der Waals surface area contributed by atoms with Crippen LogP contribution in [-0.4, -0.2) is 27.6 Å². The van der Waals surface area contributed by atoms with E-state index in [0.717, 1.165) is 49.1 Å². The summed E-state index contributed by atoms with van der Waals surface area (Å²) in [6.45, 7) is 3.33. The largest absolute Gasteiger partial charge is 0.480 e. The number of halogens is 3. The zero-order valence-corrected chi connectivity index (χ0v) is 19.2. The lowest BCUT2D eigenvalue weighted by Crippen LogP contribution is -2.46. The number of carboxylic acids is 1. The summed E-state index contributed by atoms with van der Waals surface area (Å²) in [7, 11) is 0. The highest BCUT2D eigenvalue weighted by molar-refractivity contribution is 5.96. The first-order chi connectivity index (χ1) is 16.0. The fourth-order valence-corrected chi connectivity index (χ4v) is 4.28. The third kappa shape index (κ3) is 5.87. The quantitative estimate of drug-likeness (QED) is 0.644. The van der Waals surface area contributed by atoms with E-state index < -0.39 is 35.2 Å². The molecule has 0 fully saturated rings. The molecule has 1 aliphatic carbocycles. The van der Waals surface area contributed by atoms with Gasteiger partial charge in [0.1, 0.15) is 11.6 Å². The zero-order valence-electron chi connectivity index (χ0n) is 19.2. The lowest BCUT2D eigenvalue weighted by atomic mass is 9.95. The van der Waals surface area contributed by atoms with E-state index in [-0.39, 0.29) is 18.0 Å². The molecule has 3 rings (SSSR count). The molecule has 0 unspecified atom stereocenters. The number of nitrogens with zero attached hydrogens (tertiary/aromatic N) is 1. The smallest absolute Gasteiger partial charge is 0.416 e. The fraction of sp³-hybridized carbons (Fsp3) is 0.480. The highest BCUT2D eigenvalue weighted by Gasteiger charge is 2.30. The summed E-state index contributed by atoms with van der Waals surface area (Å²) >= 11 is 0. The third-order valence-corrected chi connectivity index (χ3v) is 6.19. The highest BCUT2D eigenvalue weighted by atomic mass is 19.4. The summed E-state index contributed by atoms with van der Waals surface area (Å²) in [4.78, 5) is 37.9. The van der Waals surface area contributed by atoms with Crippen LogP contribution in [0, 0.1) is 5.92 Å². The number of alkyl halides is 3. The first-order valence-electron chi connectivity index (χ1n) is 11.4. The first-order valence-corrected chi connectivity index (χ1v) is 11.4. The SMILES string of the molecule is CC(C)[C@H](NC(=O)c1cc2c(n(Cc3ccc(C(F)(F)F)cc3)c1=O)CCCCCC2)C(=O)O. The predicted molar refractivity (Wildman–Crippen MR) is 121 cm³/mol. The Kier molecular flexibility index (Phi) is 7.84. The van der Waals surface area contributed by atoms with Crippen LogP contribution in [0.1, 0.15) is 72.3 Å². The number of pyridine rings is 1. The van der Waals surface area contributed by atoms with Gasteiger partial charge >= 0.3 is 12.1 Å². The molecule has 9 heteroatoms. The number of hydrogen-bond donors (Lipinski definition) is 2. The Bertz CT molecular complexity index is 1100. The number of nitrogens with one attached hydrogen (secondary N) is 1. The Morgan fingerprint density at radius 1 is 1.06 bits per heavy atom. The van der Waals surface area contributed by atoms with Crippen molar-refractivity contribution >= 4 is 11.9 Å². The van der Waals surface area contributed by atoms with E-state index in [1.54, 1.807) is 19.9 Å². The topological polar surface area (TPSA) is 88.4 Å². The minimum Gasteiger partial charge on any atom is -0.480 e. The van der Waals surface area contributed by atoms with Gasteiger partial charge in [-0.15, -0.1) is 0 Å². The van der Waals surface area contributed by atoms with Crippen LogP contribution >= 0.6 is 0 Å². The number of hydrogen-bond acceptors (Lipinski definition) is 3. The highest BCUT2D eigenvalue weighted by Crippen LogP contribution is 2.29. The summed E-state index contributed by atoms with van der Waals surface area (Å²) in [6.07, 6.45) is 0.597. The fourth-order valence-electron chi connectivity index (χ4n) is 4.28. The second kappa shape index (κ2) is 10.4. The van der Waals surface area contributed by atoms with Crippen molar-refractivity contribution in [2.45, 2.75) is 71.1 Å². The molecule has 0 radical (unpaired) electrons. The summed E-state index contributed by atoms with van der Waals surface area (Å²) in [5.74, 6) is -2.35. The number of carbonyl (C=O) groups is 2. The van der Waals surface area contributed by atoms with Crippen molar-refractivity contribution in [1.82, 2.24) is 9.88 Å². The van der Waals surface area contributed by atoms with Gasteiger partial charge in [-0.2, -0.15) is 13.2 Å². The van der Waals surface area contributed by atoms with E-state index >= 15 is 0 Å². The number of benzene rings is 1. The standard InChI is InChI=1S/C25H29F3N2O4/c1-15(2)21(24(33)34)29-22(31)19-13-17-7-5-3-4-6-8-20(17)30(23(19)32)14-16-9-11-18(12-10-16)25(26,27)28/h9-13,15,21H,3-8,14H2,1-2H3,(H,29,31)(H,33,34)/t21-/m0/s1. The molecule has 0 aliphatic heterocycles. The van der Waals surface area contributed by atoms with Crippen LogP contribution in [-0.2, 0) is 30.4 Å². The number of rotatable bonds is 6. The number of amides is 1. The Hall–Kier alpha value is -3.10. The van der Waals surface area contributed by atoms with Crippen molar-refractivity contribution in [2.24, 2.45) is 5.92 Å². The molecule has 6 nitrogen and oxygen atoms in total. The predicted octanol–water partition coefficient (Wildman–Crippen LogP) is 4.41. The Morgan fingerprint density at radius 3 is 2.24 bits per heavy atom. The number of carbonyl (C=O) groups excluding carboxylic acids is 1. The van der Waals surface area contributed by atoms with Crippen molar-refractivity contribution < 1.29 is 27.9 Å². The maximum absolute atomic E-state index is 13.4. The van der Waals surface area contributed by atoms with Crippen molar-refractivity contribution in [1.29, 1.82) is 0 Å². The number of fused-ring (bicyclic) bond motifs is 1. The van der Waals surface area contributed by atoms with Crippen LogP contribution in [0.2, 0.25) is 0 Å². The molecule has 34 heavy (non-hydrogen) atoms. The molecule has 1 amide bonds. The van der Waals surface area contributed by atoms with Gasteiger partial charge in [0.15, 0.2) is 0 Å². The van der Waals surface area contributed by atoms with Crippen LogP contribution in [0.5, 0.6) is 0 Å². The molecule has 0 saturated heterocycles. The van der Waals surface area contributed by atoms with E-state index in [0.29, 0.717) is 18.4 Å². The molecule has 2 aromatic rings. The molecule has 1 aliphatic rings. The Balaban J connectivity index is 2.04. The minimum atomic E-state index is -4.46. The van der Waals surface area contributed by atoms with Gasteiger partial charge in [0, 0.05) is 5.69 Å². The van der Waals surface area contributed by atoms with E-state index in [1.165, 1.54) is 16.7 Å². The van der Waals surface area contributed by atoms with Gasteiger partial charge in [0.2, 0.25) is 0 Å². The van der Waals surface area contributed by atoms with Gasteiger partial charge in [-0.05, 0) is 60.9 Å². The van der Waals surface area contributed by atoms with Crippen molar-refractivity contribution in [3.8, 4) is 0 Å². The monoisotopic (exact) mass is 478 g/mol. The molecule has 1 aromatic carbocycles. The first kappa shape index (κ1) is 25.5. The summed E-state index contributed by atoms with van der Waals surface area (Å²) in [5.41, 5.74) is 0.610. The maximum atomic E-state index is 13.4. The molecule has 184 valence electrons. The van der Waals surface area contributed by atoms with Crippen molar-refractivity contribution in [2.75, 3.05) is 0 Å². The molecule has 1 aromatic heterocycles. The Labute approximate surface area is 195 Å². The lowest BCUT2D eigenvalue weighted by molar-refractivity contribution is -0.140. The van der Waals surface area contributed by atoms with E-state index in [4.69, 9.17) is 0 Å². The molecule has 0 bridgehead atoms. The normalized spacial score (nSPS) is 15.2.